The van der Waals surface area contributed by atoms with E-state index in [1.54, 1.807) is 67.5 Å². The number of benzene rings is 3. The number of nitrogens with one attached hydrogen (secondary N) is 1. The molecule has 1 aliphatic heterocycles. The minimum Gasteiger partial charge on any atom is -0.497 e. The summed E-state index contributed by atoms with van der Waals surface area (Å²) in [5.74, 6) is 0.641. The molecular weight excluding hydrogens is 423 g/mol. The Kier molecular flexibility index (Phi) is 6.58. The standard InChI is InChI=1S/C26H25FN2O4/c1-17-26(31)29(14-13-18-3-7-21(27)8-4-18)16-20-15-22(9-12-24(20)33-17)28-25(30)19-5-10-23(32-2)11-6-19/h3-12,15,17H,13-14,16H2,1-2H3,(H,28,30)/t17-/m1/s1. The van der Waals surface area contributed by atoms with Gasteiger partial charge in [-0.05, 0) is 73.5 Å². The molecule has 0 saturated carbocycles. The van der Waals surface area contributed by atoms with Crippen molar-refractivity contribution < 1.29 is 23.5 Å². The molecule has 0 aliphatic carbocycles. The quantitative estimate of drug-likeness (QED) is 0.606. The van der Waals surface area contributed by atoms with Gasteiger partial charge in [0.05, 0.1) is 7.11 Å². The van der Waals surface area contributed by atoms with E-state index in [1.165, 1.54) is 12.1 Å². The molecule has 3 aromatic rings. The number of carbonyl (C=O) groups excluding carboxylic acids is 2. The van der Waals surface area contributed by atoms with Crippen molar-refractivity contribution in [2.75, 3.05) is 19.0 Å². The van der Waals surface area contributed by atoms with Gasteiger partial charge < -0.3 is 19.7 Å². The Morgan fingerprint density at radius 2 is 1.85 bits per heavy atom. The van der Waals surface area contributed by atoms with Gasteiger partial charge >= 0.3 is 0 Å². The number of rotatable bonds is 6. The van der Waals surface area contributed by atoms with Crippen LogP contribution in [0.1, 0.15) is 28.4 Å². The monoisotopic (exact) mass is 448 g/mol. The van der Waals surface area contributed by atoms with Gasteiger partial charge in [-0.3, -0.25) is 9.59 Å². The Morgan fingerprint density at radius 1 is 1.12 bits per heavy atom. The van der Waals surface area contributed by atoms with E-state index in [0.29, 0.717) is 42.3 Å². The van der Waals surface area contributed by atoms with Crippen LogP contribution in [0.15, 0.2) is 66.7 Å². The number of fused-ring (bicyclic) bond motifs is 1. The molecule has 2 amide bonds. The van der Waals surface area contributed by atoms with Crippen LogP contribution < -0.4 is 14.8 Å². The molecule has 4 rings (SSSR count). The van der Waals surface area contributed by atoms with Crippen molar-refractivity contribution in [2.24, 2.45) is 0 Å². The smallest absolute Gasteiger partial charge is 0.263 e. The van der Waals surface area contributed by atoms with Crippen LogP contribution in [0.4, 0.5) is 10.1 Å². The summed E-state index contributed by atoms with van der Waals surface area (Å²) in [4.78, 5) is 27.2. The second kappa shape index (κ2) is 9.73. The predicted octanol–water partition coefficient (Wildman–Crippen LogP) is 4.44. The molecule has 1 N–H and O–H groups in total. The number of halogens is 1. The number of amides is 2. The van der Waals surface area contributed by atoms with Gasteiger partial charge in [-0.25, -0.2) is 4.39 Å². The molecule has 170 valence electrons. The van der Waals surface area contributed by atoms with Gasteiger partial charge in [0.15, 0.2) is 6.10 Å². The lowest BCUT2D eigenvalue weighted by Crippen LogP contribution is -2.39. The molecule has 0 fully saturated rings. The third-order valence-electron chi connectivity index (χ3n) is 5.58. The Morgan fingerprint density at radius 3 is 2.55 bits per heavy atom. The summed E-state index contributed by atoms with van der Waals surface area (Å²) in [5, 5.41) is 2.89. The molecule has 0 saturated heterocycles. The van der Waals surface area contributed by atoms with Gasteiger partial charge in [-0.15, -0.1) is 0 Å². The molecule has 1 aliphatic rings. The van der Waals surface area contributed by atoms with Crippen molar-refractivity contribution in [2.45, 2.75) is 26.0 Å². The molecule has 1 heterocycles. The number of carbonyl (C=O) groups is 2. The van der Waals surface area contributed by atoms with Crippen LogP contribution in [0.25, 0.3) is 0 Å². The lowest BCUT2D eigenvalue weighted by molar-refractivity contribution is -0.137. The summed E-state index contributed by atoms with van der Waals surface area (Å²) in [5.41, 5.74) is 2.87. The molecule has 0 radical (unpaired) electrons. The molecule has 0 aromatic heterocycles. The average Bonchev–Trinajstić information content (AvgIpc) is 2.94. The van der Waals surface area contributed by atoms with Crippen molar-refractivity contribution >= 4 is 17.5 Å². The highest BCUT2D eigenvalue weighted by atomic mass is 19.1. The van der Waals surface area contributed by atoms with Crippen LogP contribution in [-0.4, -0.2) is 36.5 Å². The fraction of sp³-hybridized carbons (Fsp3) is 0.231. The Hall–Kier alpha value is -3.87. The minimum absolute atomic E-state index is 0.114. The number of anilines is 1. The lowest BCUT2D eigenvalue weighted by Gasteiger charge is -2.22. The zero-order valence-corrected chi connectivity index (χ0v) is 18.5. The topological polar surface area (TPSA) is 67.9 Å². The van der Waals surface area contributed by atoms with E-state index in [0.717, 1.165) is 11.1 Å². The molecule has 0 spiro atoms. The number of hydrogen-bond acceptors (Lipinski definition) is 4. The van der Waals surface area contributed by atoms with Gasteiger partial charge in [0.1, 0.15) is 17.3 Å². The van der Waals surface area contributed by atoms with E-state index in [4.69, 9.17) is 9.47 Å². The molecule has 1 atom stereocenters. The van der Waals surface area contributed by atoms with Gasteiger partial charge in [0.2, 0.25) is 0 Å². The number of nitrogens with zero attached hydrogens (tertiary/aromatic N) is 1. The molecule has 6 nitrogen and oxygen atoms in total. The summed E-state index contributed by atoms with van der Waals surface area (Å²) in [6.45, 7) is 2.55. The summed E-state index contributed by atoms with van der Waals surface area (Å²) >= 11 is 0. The summed E-state index contributed by atoms with van der Waals surface area (Å²) in [7, 11) is 1.57. The third-order valence-corrected chi connectivity index (χ3v) is 5.58. The van der Waals surface area contributed by atoms with E-state index in [1.807, 2.05) is 6.07 Å². The Labute approximate surface area is 191 Å². The summed E-state index contributed by atoms with van der Waals surface area (Å²) < 4.78 is 24.2. The fourth-order valence-electron chi connectivity index (χ4n) is 3.73. The van der Waals surface area contributed by atoms with E-state index in [-0.39, 0.29) is 17.6 Å². The SMILES string of the molecule is COc1ccc(C(=O)Nc2ccc3c(c2)CN(CCc2ccc(F)cc2)C(=O)[C@@H](C)O3)cc1. The largest absolute Gasteiger partial charge is 0.497 e. The number of hydrogen-bond donors (Lipinski definition) is 1. The average molecular weight is 448 g/mol. The molecule has 0 bridgehead atoms. The van der Waals surface area contributed by atoms with Gasteiger partial charge in [-0.2, -0.15) is 0 Å². The lowest BCUT2D eigenvalue weighted by atomic mass is 10.1. The molecule has 33 heavy (non-hydrogen) atoms. The number of ether oxygens (including phenoxy) is 2. The van der Waals surface area contributed by atoms with Gasteiger partial charge in [0.25, 0.3) is 11.8 Å². The first-order chi connectivity index (χ1) is 15.9. The second-order valence-corrected chi connectivity index (χ2v) is 7.90. The van der Waals surface area contributed by atoms with Crippen molar-refractivity contribution in [1.82, 2.24) is 4.90 Å². The third kappa shape index (κ3) is 5.31. The highest BCUT2D eigenvalue weighted by Gasteiger charge is 2.28. The normalized spacial score (nSPS) is 15.3. The molecule has 7 heteroatoms. The Bertz CT molecular complexity index is 1150. The zero-order chi connectivity index (χ0) is 23.4. The van der Waals surface area contributed by atoms with E-state index in [9.17, 15) is 14.0 Å². The minimum atomic E-state index is -0.626. The molecule has 3 aromatic carbocycles. The van der Waals surface area contributed by atoms with E-state index in [2.05, 4.69) is 5.32 Å². The van der Waals surface area contributed by atoms with E-state index >= 15 is 0 Å². The number of methoxy groups -OCH3 is 1. The summed E-state index contributed by atoms with van der Waals surface area (Å²) in [6.07, 6.45) is -0.0266. The first-order valence-electron chi connectivity index (χ1n) is 10.7. The first kappa shape index (κ1) is 22.3. The van der Waals surface area contributed by atoms with Crippen LogP contribution >= 0.6 is 0 Å². The van der Waals surface area contributed by atoms with Crippen LogP contribution in [0.5, 0.6) is 11.5 Å². The maximum atomic E-state index is 13.2. The van der Waals surface area contributed by atoms with Crippen molar-refractivity contribution in [3.05, 3.63) is 89.2 Å². The van der Waals surface area contributed by atoms with E-state index < -0.39 is 6.10 Å². The van der Waals surface area contributed by atoms with Gasteiger partial charge in [0, 0.05) is 29.9 Å². The predicted molar refractivity (Wildman–Crippen MR) is 123 cm³/mol. The second-order valence-electron chi connectivity index (χ2n) is 7.90. The highest BCUT2D eigenvalue weighted by molar-refractivity contribution is 6.04. The van der Waals surface area contributed by atoms with Crippen molar-refractivity contribution in [1.29, 1.82) is 0 Å². The maximum Gasteiger partial charge on any atom is 0.263 e. The first-order valence-corrected chi connectivity index (χ1v) is 10.7. The van der Waals surface area contributed by atoms with Crippen molar-refractivity contribution in [3.63, 3.8) is 0 Å². The van der Waals surface area contributed by atoms with Crippen LogP contribution in [0, 0.1) is 5.82 Å². The summed E-state index contributed by atoms with van der Waals surface area (Å²) in [6, 6.07) is 18.5. The fourth-order valence-corrected chi connectivity index (χ4v) is 3.73. The van der Waals surface area contributed by atoms with Gasteiger partial charge in [-0.1, -0.05) is 12.1 Å². The highest BCUT2D eigenvalue weighted by Crippen LogP contribution is 2.29. The molecular formula is C26H25FN2O4. The van der Waals surface area contributed by atoms with Crippen molar-refractivity contribution in [3.8, 4) is 11.5 Å². The van der Waals surface area contributed by atoms with Crippen LogP contribution in [-0.2, 0) is 17.8 Å². The molecule has 0 unspecified atom stereocenters. The van der Waals surface area contributed by atoms with Crippen LogP contribution in [0.3, 0.4) is 0 Å². The Balaban J connectivity index is 1.49. The zero-order valence-electron chi connectivity index (χ0n) is 18.5. The maximum absolute atomic E-state index is 13.2. The van der Waals surface area contributed by atoms with Crippen LogP contribution in [0.2, 0.25) is 0 Å².